The number of fused-ring (bicyclic) bond motifs is 1. The van der Waals surface area contributed by atoms with Gasteiger partial charge in [0.25, 0.3) is 0 Å². The molecular formula is C15H20N2O2S2. The van der Waals surface area contributed by atoms with Crippen LogP contribution in [0, 0.1) is 0 Å². The zero-order chi connectivity index (χ0) is 15.5. The smallest absolute Gasteiger partial charge is 0.242 e. The van der Waals surface area contributed by atoms with Crippen molar-refractivity contribution in [3.63, 3.8) is 0 Å². The molecule has 4 nitrogen and oxygen atoms in total. The number of hydrogen-bond acceptors (Lipinski definition) is 4. The molecule has 114 valence electrons. The van der Waals surface area contributed by atoms with E-state index in [4.69, 9.17) is 0 Å². The number of sulfonamides is 1. The van der Waals surface area contributed by atoms with Crippen LogP contribution < -0.4 is 4.72 Å². The Morgan fingerprint density at radius 2 is 1.90 bits per heavy atom. The van der Waals surface area contributed by atoms with E-state index in [-0.39, 0.29) is 9.64 Å². The van der Waals surface area contributed by atoms with Crippen molar-refractivity contribution in [1.29, 1.82) is 0 Å². The lowest BCUT2D eigenvalue weighted by Gasteiger charge is -2.17. The fraction of sp³-hybridized carbons (Fsp3) is 0.400. The van der Waals surface area contributed by atoms with Crippen molar-refractivity contribution in [2.45, 2.75) is 30.4 Å². The van der Waals surface area contributed by atoms with Gasteiger partial charge in [-0.15, -0.1) is 0 Å². The summed E-state index contributed by atoms with van der Waals surface area (Å²) in [5.41, 5.74) is 0.510. The molecule has 21 heavy (non-hydrogen) atoms. The maximum atomic E-state index is 12.4. The van der Waals surface area contributed by atoms with Gasteiger partial charge in [0.1, 0.15) is 4.90 Å². The number of nitrogens with zero attached hydrogens (tertiary/aromatic N) is 1. The molecule has 0 fully saturated rings. The predicted molar refractivity (Wildman–Crippen MR) is 89.1 cm³/mol. The standard InChI is InChI=1S/C15H20N2O2S2/c1-15(2,3)20-11-10-17-21(18,19)13-8-4-6-12-7-5-9-16-14(12)13/h4-9,17H,10-11H2,1-3H3. The van der Waals surface area contributed by atoms with Gasteiger partial charge in [0.05, 0.1) is 5.52 Å². The Bertz CT molecular complexity index is 717. The van der Waals surface area contributed by atoms with Crippen molar-refractivity contribution in [2.24, 2.45) is 0 Å². The SMILES string of the molecule is CC(C)(C)SCCNS(=O)(=O)c1cccc2cccnc12. The van der Waals surface area contributed by atoms with E-state index in [1.54, 1.807) is 36.2 Å². The van der Waals surface area contributed by atoms with Gasteiger partial charge in [0.2, 0.25) is 10.0 Å². The Morgan fingerprint density at radius 1 is 1.19 bits per heavy atom. The van der Waals surface area contributed by atoms with Gasteiger partial charge in [-0.1, -0.05) is 39.0 Å². The first-order valence-electron chi connectivity index (χ1n) is 6.77. The van der Waals surface area contributed by atoms with Crippen molar-refractivity contribution in [3.05, 3.63) is 36.5 Å². The molecule has 0 aliphatic carbocycles. The molecule has 0 unspecified atom stereocenters. The fourth-order valence-electron chi connectivity index (χ4n) is 1.90. The molecular weight excluding hydrogens is 304 g/mol. The molecule has 6 heteroatoms. The molecule has 1 aromatic carbocycles. The summed E-state index contributed by atoms with van der Waals surface area (Å²) in [4.78, 5) is 4.43. The number of pyridine rings is 1. The van der Waals surface area contributed by atoms with E-state index in [0.29, 0.717) is 12.1 Å². The molecule has 0 spiro atoms. The van der Waals surface area contributed by atoms with Crippen LogP contribution in [0.2, 0.25) is 0 Å². The third-order valence-corrected chi connectivity index (χ3v) is 5.58. The number of aromatic nitrogens is 1. The third kappa shape index (κ3) is 4.43. The highest BCUT2D eigenvalue weighted by Gasteiger charge is 2.18. The molecule has 2 rings (SSSR count). The largest absolute Gasteiger partial charge is 0.255 e. The summed E-state index contributed by atoms with van der Waals surface area (Å²) in [5, 5.41) is 0.824. The number of para-hydroxylation sites is 1. The van der Waals surface area contributed by atoms with Crippen LogP contribution in [0.3, 0.4) is 0 Å². The minimum atomic E-state index is -3.53. The molecule has 0 aliphatic heterocycles. The lowest BCUT2D eigenvalue weighted by atomic mass is 10.2. The zero-order valence-electron chi connectivity index (χ0n) is 12.5. The number of hydrogen-bond donors (Lipinski definition) is 1. The molecule has 2 aromatic rings. The highest BCUT2D eigenvalue weighted by atomic mass is 32.2. The van der Waals surface area contributed by atoms with Crippen LogP contribution in [0.25, 0.3) is 10.9 Å². The topological polar surface area (TPSA) is 59.1 Å². The molecule has 0 atom stereocenters. The number of nitrogens with one attached hydrogen (secondary N) is 1. The Morgan fingerprint density at radius 3 is 2.62 bits per heavy atom. The normalized spacial score (nSPS) is 12.7. The molecule has 1 aromatic heterocycles. The van der Waals surface area contributed by atoms with Crippen molar-refractivity contribution in [2.75, 3.05) is 12.3 Å². The summed E-state index contributed by atoms with van der Waals surface area (Å²) in [6.45, 7) is 6.75. The van der Waals surface area contributed by atoms with Crippen LogP contribution in [-0.2, 0) is 10.0 Å². The van der Waals surface area contributed by atoms with E-state index < -0.39 is 10.0 Å². The minimum absolute atomic E-state index is 0.131. The van der Waals surface area contributed by atoms with E-state index in [1.165, 1.54) is 0 Å². The third-order valence-electron chi connectivity index (χ3n) is 2.81. The van der Waals surface area contributed by atoms with Crippen LogP contribution >= 0.6 is 11.8 Å². The second-order valence-corrected chi connectivity index (χ2v) is 9.35. The first kappa shape index (κ1) is 16.3. The average molecular weight is 324 g/mol. The maximum absolute atomic E-state index is 12.4. The average Bonchev–Trinajstić information content (AvgIpc) is 2.42. The second kappa shape index (κ2) is 6.34. The maximum Gasteiger partial charge on any atom is 0.242 e. The Balaban J connectivity index is 2.15. The van der Waals surface area contributed by atoms with Gasteiger partial charge in [-0.3, -0.25) is 4.98 Å². The summed E-state index contributed by atoms with van der Waals surface area (Å²) < 4.78 is 27.6. The monoisotopic (exact) mass is 324 g/mol. The highest BCUT2D eigenvalue weighted by molar-refractivity contribution is 8.00. The van der Waals surface area contributed by atoms with Crippen LogP contribution in [0.15, 0.2) is 41.4 Å². The van der Waals surface area contributed by atoms with Gasteiger partial charge in [0.15, 0.2) is 0 Å². The number of thioether (sulfide) groups is 1. The second-order valence-electron chi connectivity index (χ2n) is 5.69. The van der Waals surface area contributed by atoms with Gasteiger partial charge in [0, 0.05) is 28.6 Å². The summed E-state index contributed by atoms with van der Waals surface area (Å²) >= 11 is 1.73. The van der Waals surface area contributed by atoms with Crippen LogP contribution in [0.1, 0.15) is 20.8 Å². The zero-order valence-corrected chi connectivity index (χ0v) is 14.1. The Hall–Kier alpha value is -1.11. The first-order valence-corrected chi connectivity index (χ1v) is 9.24. The molecule has 0 amide bonds. The number of benzene rings is 1. The van der Waals surface area contributed by atoms with Crippen molar-refractivity contribution in [3.8, 4) is 0 Å². The highest BCUT2D eigenvalue weighted by Crippen LogP contribution is 2.23. The predicted octanol–water partition coefficient (Wildman–Crippen LogP) is 3.04. The summed E-state index contributed by atoms with van der Waals surface area (Å²) in [6.07, 6.45) is 1.61. The molecule has 1 N–H and O–H groups in total. The van der Waals surface area contributed by atoms with Crippen LogP contribution in [0.5, 0.6) is 0 Å². The van der Waals surface area contributed by atoms with E-state index in [2.05, 4.69) is 30.5 Å². The lowest BCUT2D eigenvalue weighted by Crippen LogP contribution is -2.27. The Kier molecular flexibility index (Phi) is 4.91. The molecule has 0 bridgehead atoms. The van der Waals surface area contributed by atoms with Gasteiger partial charge < -0.3 is 0 Å². The minimum Gasteiger partial charge on any atom is -0.255 e. The first-order chi connectivity index (χ1) is 9.80. The summed E-state index contributed by atoms with van der Waals surface area (Å²) in [5.74, 6) is 0.737. The van der Waals surface area contributed by atoms with Gasteiger partial charge in [-0.25, -0.2) is 13.1 Å². The summed E-state index contributed by atoms with van der Waals surface area (Å²) in [7, 11) is -3.53. The Labute approximate surface area is 130 Å². The van der Waals surface area contributed by atoms with Crippen molar-refractivity contribution in [1.82, 2.24) is 9.71 Å². The molecule has 0 saturated carbocycles. The van der Waals surface area contributed by atoms with E-state index in [1.807, 2.05) is 12.1 Å². The van der Waals surface area contributed by atoms with E-state index >= 15 is 0 Å². The van der Waals surface area contributed by atoms with E-state index in [9.17, 15) is 8.42 Å². The molecule has 0 aliphatic rings. The van der Waals surface area contributed by atoms with Crippen LogP contribution in [0.4, 0.5) is 0 Å². The van der Waals surface area contributed by atoms with Gasteiger partial charge >= 0.3 is 0 Å². The fourth-order valence-corrected chi connectivity index (χ4v) is 4.06. The summed E-state index contributed by atoms with van der Waals surface area (Å²) in [6, 6.07) is 8.84. The molecule has 0 saturated heterocycles. The lowest BCUT2D eigenvalue weighted by molar-refractivity contribution is 0.585. The van der Waals surface area contributed by atoms with Crippen molar-refractivity contribution >= 4 is 32.7 Å². The quantitative estimate of drug-likeness (QED) is 0.859. The van der Waals surface area contributed by atoms with Crippen LogP contribution in [-0.4, -0.2) is 30.4 Å². The molecule has 1 heterocycles. The molecule has 0 radical (unpaired) electrons. The van der Waals surface area contributed by atoms with Crippen molar-refractivity contribution < 1.29 is 8.42 Å². The van der Waals surface area contributed by atoms with E-state index in [0.717, 1.165) is 11.1 Å². The number of rotatable bonds is 5. The van der Waals surface area contributed by atoms with Gasteiger partial charge in [-0.2, -0.15) is 11.8 Å². The van der Waals surface area contributed by atoms with Gasteiger partial charge in [-0.05, 0) is 12.1 Å².